The largest absolute Gasteiger partial charge is 0.367 e. The molecule has 10 heteroatoms. The second-order valence-corrected chi connectivity index (χ2v) is 9.62. The Labute approximate surface area is 199 Å². The third-order valence-corrected chi connectivity index (χ3v) is 5.77. The van der Waals surface area contributed by atoms with Crippen molar-refractivity contribution in [3.05, 3.63) is 65.2 Å². The summed E-state index contributed by atoms with van der Waals surface area (Å²) in [4.78, 5) is 6.12. The van der Waals surface area contributed by atoms with Crippen LogP contribution in [0.15, 0.2) is 47.5 Å². The maximum absolute atomic E-state index is 14.0. The molecule has 1 saturated heterocycles. The quantitative estimate of drug-likeness (QED) is 0.321. The van der Waals surface area contributed by atoms with E-state index in [9.17, 15) is 17.2 Å². The molecule has 0 bridgehead atoms. The fraction of sp³-hybridized carbons (Fsp3) is 0.381. The first kappa shape index (κ1) is 25.3. The Morgan fingerprint density at radius 2 is 1.84 bits per heavy atom. The molecule has 1 unspecified atom stereocenters. The van der Waals surface area contributed by atoms with Crippen molar-refractivity contribution in [3.8, 4) is 0 Å². The number of halogens is 3. The van der Waals surface area contributed by atoms with Gasteiger partial charge in [-0.1, -0.05) is 24.3 Å². The third kappa shape index (κ3) is 7.60. The maximum Gasteiger partial charge on any atom is 0.191 e. The van der Waals surface area contributed by atoms with E-state index in [-0.39, 0.29) is 35.8 Å². The third-order valence-electron chi connectivity index (χ3n) is 4.91. The van der Waals surface area contributed by atoms with Crippen molar-refractivity contribution in [2.24, 2.45) is 4.99 Å². The number of nitrogens with zero attached hydrogens (tertiary/aromatic N) is 2. The molecule has 6 nitrogen and oxygen atoms in total. The molecule has 170 valence electrons. The number of nitrogens with one attached hydrogen (secondary N) is 2. The zero-order valence-corrected chi connectivity index (χ0v) is 20.6. The highest BCUT2D eigenvalue weighted by Crippen LogP contribution is 2.24. The van der Waals surface area contributed by atoms with Gasteiger partial charge in [0.15, 0.2) is 15.8 Å². The zero-order valence-electron chi connectivity index (χ0n) is 17.4. The second-order valence-electron chi connectivity index (χ2n) is 7.48. The Morgan fingerprint density at radius 1 is 1.16 bits per heavy atom. The molecule has 0 aliphatic carbocycles. The number of anilines is 1. The van der Waals surface area contributed by atoms with Crippen molar-refractivity contribution in [2.75, 3.05) is 31.3 Å². The van der Waals surface area contributed by atoms with Gasteiger partial charge in [0.05, 0.1) is 11.4 Å². The van der Waals surface area contributed by atoms with Gasteiger partial charge in [-0.2, -0.15) is 0 Å². The summed E-state index contributed by atoms with van der Waals surface area (Å²) >= 11 is 0. The molecule has 0 amide bonds. The Hall–Kier alpha value is -1.95. The summed E-state index contributed by atoms with van der Waals surface area (Å²) in [5.74, 6) is -0.491. The van der Waals surface area contributed by atoms with E-state index in [2.05, 4.69) is 15.6 Å². The van der Waals surface area contributed by atoms with Crippen molar-refractivity contribution >= 4 is 45.5 Å². The standard InChI is InChI=1S/C21H26F2N4O2S.HI/c1-24-21(25-12-15-3-5-16(6-4-15)14-30(2,28)29)26-18-9-10-27(13-18)20-8-7-17(22)11-19(20)23;/h3-8,11,18H,9-10,12-14H2,1-2H3,(H2,24,25,26);1H. The molecule has 1 aliphatic heterocycles. The summed E-state index contributed by atoms with van der Waals surface area (Å²) in [7, 11) is -1.38. The van der Waals surface area contributed by atoms with Crippen LogP contribution in [-0.2, 0) is 22.1 Å². The molecule has 0 radical (unpaired) electrons. The summed E-state index contributed by atoms with van der Waals surface area (Å²) in [6.45, 7) is 1.78. The van der Waals surface area contributed by atoms with Gasteiger partial charge in [0, 0.05) is 45.0 Å². The van der Waals surface area contributed by atoms with Crippen molar-refractivity contribution in [1.29, 1.82) is 0 Å². The van der Waals surface area contributed by atoms with Crippen LogP contribution in [0.4, 0.5) is 14.5 Å². The molecule has 0 aromatic heterocycles. The molecular formula is C21H27F2IN4O2S. The summed E-state index contributed by atoms with van der Waals surface area (Å²) in [6.07, 6.45) is 2.02. The molecule has 31 heavy (non-hydrogen) atoms. The number of hydrogen-bond acceptors (Lipinski definition) is 4. The van der Waals surface area contributed by atoms with Gasteiger partial charge in [-0.15, -0.1) is 24.0 Å². The van der Waals surface area contributed by atoms with Gasteiger partial charge in [-0.25, -0.2) is 17.2 Å². The number of aliphatic imine (C=N–C) groups is 1. The van der Waals surface area contributed by atoms with Crippen molar-refractivity contribution in [1.82, 2.24) is 10.6 Å². The van der Waals surface area contributed by atoms with Crippen LogP contribution in [-0.4, -0.2) is 46.8 Å². The lowest BCUT2D eigenvalue weighted by Crippen LogP contribution is -2.44. The average molecular weight is 564 g/mol. The van der Waals surface area contributed by atoms with Crippen LogP contribution in [0, 0.1) is 11.6 Å². The van der Waals surface area contributed by atoms with Gasteiger partial charge in [0.25, 0.3) is 0 Å². The SMILES string of the molecule is CN=C(NCc1ccc(CS(C)(=O)=O)cc1)NC1CCN(c2ccc(F)cc2F)C1.I. The minimum Gasteiger partial charge on any atom is -0.367 e. The molecule has 2 N–H and O–H groups in total. The van der Waals surface area contributed by atoms with Crippen molar-refractivity contribution in [3.63, 3.8) is 0 Å². The Bertz CT molecular complexity index is 1020. The molecule has 3 rings (SSSR count). The van der Waals surface area contributed by atoms with Gasteiger partial charge in [0.1, 0.15) is 11.6 Å². The molecule has 1 atom stereocenters. The summed E-state index contributed by atoms with van der Waals surface area (Å²) in [6, 6.07) is 11.1. The normalized spacial score (nSPS) is 16.7. The van der Waals surface area contributed by atoms with Crippen LogP contribution in [0.5, 0.6) is 0 Å². The summed E-state index contributed by atoms with van der Waals surface area (Å²) in [5, 5.41) is 6.56. The second kappa shape index (κ2) is 11.1. The molecule has 1 heterocycles. The van der Waals surface area contributed by atoms with Gasteiger partial charge in [-0.05, 0) is 29.7 Å². The van der Waals surface area contributed by atoms with E-state index in [1.54, 1.807) is 19.2 Å². The van der Waals surface area contributed by atoms with Gasteiger partial charge < -0.3 is 15.5 Å². The van der Waals surface area contributed by atoms with Crippen molar-refractivity contribution < 1.29 is 17.2 Å². The number of guanidine groups is 1. The molecule has 0 saturated carbocycles. The van der Waals surface area contributed by atoms with Crippen LogP contribution < -0.4 is 15.5 Å². The molecule has 2 aromatic carbocycles. The van der Waals surface area contributed by atoms with Gasteiger partial charge >= 0.3 is 0 Å². The fourth-order valence-electron chi connectivity index (χ4n) is 3.46. The first-order chi connectivity index (χ1) is 14.2. The van der Waals surface area contributed by atoms with E-state index >= 15 is 0 Å². The van der Waals surface area contributed by atoms with E-state index in [4.69, 9.17) is 0 Å². The lowest BCUT2D eigenvalue weighted by atomic mass is 10.1. The molecular weight excluding hydrogens is 537 g/mol. The highest BCUT2D eigenvalue weighted by Gasteiger charge is 2.25. The molecule has 2 aromatic rings. The summed E-state index contributed by atoms with van der Waals surface area (Å²) < 4.78 is 49.9. The lowest BCUT2D eigenvalue weighted by Gasteiger charge is -2.21. The van der Waals surface area contributed by atoms with E-state index in [0.29, 0.717) is 31.3 Å². The highest BCUT2D eigenvalue weighted by atomic mass is 127. The smallest absolute Gasteiger partial charge is 0.191 e. The van der Waals surface area contributed by atoms with Crippen molar-refractivity contribution in [2.45, 2.75) is 24.8 Å². The number of sulfone groups is 1. The van der Waals surface area contributed by atoms with Crippen LogP contribution in [0.25, 0.3) is 0 Å². The van der Waals surface area contributed by atoms with Gasteiger partial charge in [-0.3, -0.25) is 4.99 Å². The number of benzene rings is 2. The van der Waals surface area contributed by atoms with E-state index in [0.717, 1.165) is 23.6 Å². The zero-order chi connectivity index (χ0) is 21.7. The minimum absolute atomic E-state index is 0. The fourth-order valence-corrected chi connectivity index (χ4v) is 4.26. The topological polar surface area (TPSA) is 73.8 Å². The van der Waals surface area contributed by atoms with E-state index in [1.807, 2.05) is 17.0 Å². The predicted molar refractivity (Wildman–Crippen MR) is 131 cm³/mol. The van der Waals surface area contributed by atoms with Crippen LogP contribution >= 0.6 is 24.0 Å². The Kier molecular flexibility index (Phi) is 9.04. The maximum atomic E-state index is 14.0. The van der Waals surface area contributed by atoms with Crippen LogP contribution in [0.1, 0.15) is 17.5 Å². The first-order valence-electron chi connectivity index (χ1n) is 9.66. The lowest BCUT2D eigenvalue weighted by molar-refractivity contribution is 0.580. The van der Waals surface area contributed by atoms with Crippen LogP contribution in [0.2, 0.25) is 0 Å². The van der Waals surface area contributed by atoms with E-state index in [1.165, 1.54) is 18.4 Å². The first-order valence-corrected chi connectivity index (χ1v) is 11.7. The Morgan fingerprint density at radius 3 is 2.45 bits per heavy atom. The van der Waals surface area contributed by atoms with Crippen LogP contribution in [0.3, 0.4) is 0 Å². The number of rotatable bonds is 6. The average Bonchev–Trinajstić information content (AvgIpc) is 3.13. The highest BCUT2D eigenvalue weighted by molar-refractivity contribution is 14.0. The Balaban J connectivity index is 0.00000341. The predicted octanol–water partition coefficient (Wildman–Crippen LogP) is 3.07. The summed E-state index contributed by atoms with van der Waals surface area (Å²) in [5.41, 5.74) is 2.15. The minimum atomic E-state index is -3.05. The monoisotopic (exact) mass is 564 g/mol. The number of hydrogen-bond donors (Lipinski definition) is 2. The molecule has 1 fully saturated rings. The van der Waals surface area contributed by atoms with E-state index < -0.39 is 21.5 Å². The van der Waals surface area contributed by atoms with Gasteiger partial charge in [0.2, 0.25) is 0 Å². The molecule has 1 aliphatic rings. The molecule has 0 spiro atoms.